The molecule has 0 unspecified atom stereocenters. The second-order valence-electron chi connectivity index (χ2n) is 6.20. The van der Waals surface area contributed by atoms with Crippen molar-refractivity contribution in [1.82, 2.24) is 0 Å². The smallest absolute Gasteiger partial charge is 0.149 e. The largest absolute Gasteiger partial charge is 0.378 e. The van der Waals surface area contributed by atoms with E-state index in [4.69, 9.17) is 4.74 Å². The summed E-state index contributed by atoms with van der Waals surface area (Å²) < 4.78 is 19.9. The Balaban J connectivity index is 1.67. The minimum Gasteiger partial charge on any atom is -0.378 e. The minimum atomic E-state index is -0.216. The molecule has 2 aliphatic heterocycles. The number of hydrogen-bond acceptors (Lipinski definition) is 5. The van der Waals surface area contributed by atoms with Crippen LogP contribution < -0.4 is 15.1 Å². The molecule has 0 radical (unpaired) electrons. The van der Waals surface area contributed by atoms with Gasteiger partial charge in [0.1, 0.15) is 5.82 Å². The van der Waals surface area contributed by atoms with E-state index in [9.17, 15) is 4.39 Å². The van der Waals surface area contributed by atoms with Gasteiger partial charge in [0.15, 0.2) is 0 Å². The van der Waals surface area contributed by atoms with Crippen molar-refractivity contribution in [2.75, 3.05) is 55.5 Å². The monoisotopic (exact) mass is 345 g/mol. The van der Waals surface area contributed by atoms with Crippen LogP contribution in [0.2, 0.25) is 0 Å². The lowest BCUT2D eigenvalue weighted by Crippen LogP contribution is -2.36. The van der Waals surface area contributed by atoms with Crippen LogP contribution in [-0.2, 0) is 4.74 Å². The second kappa shape index (κ2) is 6.18. The lowest BCUT2D eigenvalue weighted by molar-refractivity contribution is 0.122. The molecule has 0 aliphatic carbocycles. The summed E-state index contributed by atoms with van der Waals surface area (Å²) in [5.74, 6) is -0.216. The maximum Gasteiger partial charge on any atom is 0.149 e. The van der Waals surface area contributed by atoms with E-state index in [-0.39, 0.29) is 5.82 Å². The van der Waals surface area contributed by atoms with E-state index in [1.54, 1.807) is 17.8 Å². The van der Waals surface area contributed by atoms with E-state index in [0.717, 1.165) is 47.5 Å². The molecular formula is C18H20FN3OS. The molecule has 1 N–H and O–H groups in total. The van der Waals surface area contributed by atoms with Crippen LogP contribution in [0.5, 0.6) is 0 Å². The van der Waals surface area contributed by atoms with Gasteiger partial charge in [0.2, 0.25) is 0 Å². The highest BCUT2D eigenvalue weighted by Crippen LogP contribution is 2.47. The first kappa shape index (κ1) is 15.6. The molecule has 4 rings (SSSR count). The summed E-state index contributed by atoms with van der Waals surface area (Å²) in [6, 6.07) is 9.91. The lowest BCUT2D eigenvalue weighted by Gasteiger charge is -2.30. The van der Waals surface area contributed by atoms with Crippen LogP contribution in [0.3, 0.4) is 0 Å². The van der Waals surface area contributed by atoms with E-state index in [2.05, 4.69) is 22.3 Å². The average Bonchev–Trinajstić information content (AvgIpc) is 2.60. The molecule has 2 aromatic carbocycles. The lowest BCUT2D eigenvalue weighted by atomic mass is 10.2. The van der Waals surface area contributed by atoms with Gasteiger partial charge in [-0.15, -0.1) is 0 Å². The highest BCUT2D eigenvalue weighted by atomic mass is 32.2. The zero-order chi connectivity index (χ0) is 16.7. The molecule has 2 heterocycles. The number of anilines is 4. The Morgan fingerprint density at radius 3 is 2.67 bits per heavy atom. The fourth-order valence-electron chi connectivity index (χ4n) is 3.00. The van der Waals surface area contributed by atoms with Gasteiger partial charge < -0.3 is 19.9 Å². The normalized spacial score (nSPS) is 16.2. The molecular weight excluding hydrogens is 325 g/mol. The summed E-state index contributed by atoms with van der Waals surface area (Å²) in [6.07, 6.45) is 0. The van der Waals surface area contributed by atoms with Gasteiger partial charge in [-0.2, -0.15) is 0 Å². The molecule has 0 saturated carbocycles. The Bertz CT molecular complexity index is 775. The third kappa shape index (κ3) is 2.80. The summed E-state index contributed by atoms with van der Waals surface area (Å²) in [6.45, 7) is 3.35. The zero-order valence-corrected chi connectivity index (χ0v) is 14.6. The third-order valence-corrected chi connectivity index (χ3v) is 5.48. The zero-order valence-electron chi connectivity index (χ0n) is 13.8. The number of hydrogen-bond donors (Lipinski definition) is 1. The van der Waals surface area contributed by atoms with Crippen molar-refractivity contribution in [3.8, 4) is 0 Å². The van der Waals surface area contributed by atoms with Gasteiger partial charge >= 0.3 is 0 Å². The fourth-order valence-corrected chi connectivity index (χ4v) is 4.07. The number of fused-ring (bicyclic) bond motifs is 2. The number of nitrogens with zero attached hydrogens (tertiary/aromatic N) is 2. The third-order valence-electron chi connectivity index (χ3n) is 4.38. The first-order valence-corrected chi connectivity index (χ1v) is 8.86. The number of nitrogens with one attached hydrogen (secondary N) is 1. The van der Waals surface area contributed by atoms with Crippen molar-refractivity contribution < 1.29 is 9.13 Å². The van der Waals surface area contributed by atoms with Crippen LogP contribution in [-0.4, -0.2) is 40.4 Å². The molecule has 1 saturated heterocycles. The molecule has 1 fully saturated rings. The Labute approximate surface area is 145 Å². The van der Waals surface area contributed by atoms with E-state index < -0.39 is 0 Å². The molecule has 0 aromatic heterocycles. The number of morpholine rings is 1. The topological polar surface area (TPSA) is 27.7 Å². The van der Waals surface area contributed by atoms with Crippen LogP contribution in [0, 0.1) is 5.82 Å². The maximum absolute atomic E-state index is 14.4. The van der Waals surface area contributed by atoms with Gasteiger partial charge in [0, 0.05) is 48.4 Å². The van der Waals surface area contributed by atoms with Crippen molar-refractivity contribution in [3.63, 3.8) is 0 Å². The first-order chi connectivity index (χ1) is 11.6. The van der Waals surface area contributed by atoms with Crippen molar-refractivity contribution in [3.05, 3.63) is 36.1 Å². The van der Waals surface area contributed by atoms with E-state index in [1.165, 1.54) is 5.69 Å². The Hall–Kier alpha value is -1.92. The van der Waals surface area contributed by atoms with E-state index in [1.807, 2.05) is 31.1 Å². The molecule has 0 spiro atoms. The van der Waals surface area contributed by atoms with Gasteiger partial charge in [0.05, 0.1) is 24.6 Å². The van der Waals surface area contributed by atoms with Crippen molar-refractivity contribution in [2.24, 2.45) is 0 Å². The van der Waals surface area contributed by atoms with Crippen LogP contribution in [0.15, 0.2) is 40.1 Å². The van der Waals surface area contributed by atoms with Crippen molar-refractivity contribution >= 4 is 34.5 Å². The van der Waals surface area contributed by atoms with Crippen LogP contribution in [0.25, 0.3) is 0 Å². The Morgan fingerprint density at radius 1 is 1.12 bits per heavy atom. The molecule has 4 nitrogen and oxygen atoms in total. The molecule has 24 heavy (non-hydrogen) atoms. The fraction of sp³-hybridized carbons (Fsp3) is 0.333. The number of halogens is 1. The van der Waals surface area contributed by atoms with E-state index >= 15 is 0 Å². The number of rotatable bonds is 2. The SMILES string of the molecule is CN(C)c1cc(F)c2c(c1)Sc1cc(N3CCOCC3)ccc1N2. The van der Waals surface area contributed by atoms with E-state index in [0.29, 0.717) is 5.69 Å². The van der Waals surface area contributed by atoms with Gasteiger partial charge in [-0.25, -0.2) is 4.39 Å². The molecule has 6 heteroatoms. The van der Waals surface area contributed by atoms with Crippen molar-refractivity contribution in [1.29, 1.82) is 0 Å². The predicted molar refractivity (Wildman–Crippen MR) is 97.6 cm³/mol. The molecule has 0 amide bonds. The highest BCUT2D eigenvalue weighted by molar-refractivity contribution is 7.99. The number of benzene rings is 2. The van der Waals surface area contributed by atoms with Gasteiger partial charge in [-0.3, -0.25) is 0 Å². The average molecular weight is 345 g/mol. The molecule has 2 aliphatic rings. The van der Waals surface area contributed by atoms with Gasteiger partial charge in [-0.05, 0) is 30.3 Å². The number of ether oxygens (including phenoxy) is 1. The standard InChI is InChI=1S/C18H20FN3OS/c1-21(2)13-9-14(19)18-17(11-13)24-16-10-12(3-4-15(16)20-18)22-5-7-23-8-6-22/h3-4,9-11,20H,5-8H2,1-2H3. The van der Waals surface area contributed by atoms with Gasteiger partial charge in [0.25, 0.3) is 0 Å². The first-order valence-electron chi connectivity index (χ1n) is 8.04. The Morgan fingerprint density at radius 2 is 1.92 bits per heavy atom. The molecule has 0 bridgehead atoms. The molecule has 126 valence electrons. The summed E-state index contributed by atoms with van der Waals surface area (Å²) in [4.78, 5) is 6.30. The maximum atomic E-state index is 14.4. The predicted octanol–water partition coefficient (Wildman–Crippen LogP) is 3.94. The molecule has 2 aromatic rings. The minimum absolute atomic E-state index is 0.216. The summed E-state index contributed by atoms with van der Waals surface area (Å²) in [5, 5.41) is 3.25. The highest BCUT2D eigenvalue weighted by Gasteiger charge is 2.22. The van der Waals surface area contributed by atoms with Gasteiger partial charge in [-0.1, -0.05) is 11.8 Å². The quantitative estimate of drug-likeness (QED) is 0.759. The second-order valence-corrected chi connectivity index (χ2v) is 7.29. The summed E-state index contributed by atoms with van der Waals surface area (Å²) >= 11 is 1.62. The molecule has 0 atom stereocenters. The van der Waals surface area contributed by atoms with Crippen LogP contribution in [0.4, 0.5) is 27.1 Å². The van der Waals surface area contributed by atoms with Crippen LogP contribution in [0.1, 0.15) is 0 Å². The Kier molecular flexibility index (Phi) is 4.02. The summed E-state index contributed by atoms with van der Waals surface area (Å²) in [5.41, 5.74) is 3.59. The van der Waals surface area contributed by atoms with Crippen LogP contribution >= 0.6 is 11.8 Å². The van der Waals surface area contributed by atoms with Crippen molar-refractivity contribution in [2.45, 2.75) is 9.79 Å². The summed E-state index contributed by atoms with van der Waals surface area (Å²) in [7, 11) is 3.85.